The largest absolute Gasteiger partial charge is 0.334 e. The number of carbonyl (C=O) groups excluding carboxylic acids is 1. The van der Waals surface area contributed by atoms with E-state index in [1.807, 2.05) is 31.2 Å². The smallest absolute Gasteiger partial charge is 0.261 e. The third kappa shape index (κ3) is 2.96. The summed E-state index contributed by atoms with van der Waals surface area (Å²) in [5.41, 5.74) is 1.82. The normalized spacial score (nSPS) is 17.1. The molecule has 0 spiro atoms. The van der Waals surface area contributed by atoms with Gasteiger partial charge in [0.05, 0.1) is 5.56 Å². The van der Waals surface area contributed by atoms with Crippen LogP contribution in [0.2, 0.25) is 0 Å². The average Bonchev–Trinajstić information content (AvgIpc) is 3.25. The molecule has 0 N–H and O–H groups in total. The fraction of sp³-hybridized carbons (Fsp3) is 0.211. The number of halogens is 2. The third-order valence-electron chi connectivity index (χ3n) is 4.44. The molecule has 26 heavy (non-hydrogen) atoms. The topological polar surface area (TPSA) is 59.2 Å². The molecule has 2 aromatic carbocycles. The van der Waals surface area contributed by atoms with Crippen LogP contribution in [0.15, 0.2) is 47.0 Å². The number of nitrogens with zero attached hydrogens (tertiary/aromatic N) is 3. The summed E-state index contributed by atoms with van der Waals surface area (Å²) < 4.78 is 32.3. The lowest BCUT2D eigenvalue weighted by atomic mass is 10.1. The van der Waals surface area contributed by atoms with Crippen molar-refractivity contribution in [2.24, 2.45) is 0 Å². The van der Waals surface area contributed by atoms with E-state index in [0.717, 1.165) is 29.4 Å². The first-order chi connectivity index (χ1) is 12.5. The highest BCUT2D eigenvalue weighted by Crippen LogP contribution is 2.32. The van der Waals surface area contributed by atoms with Crippen molar-refractivity contribution in [1.82, 2.24) is 10.1 Å². The van der Waals surface area contributed by atoms with Gasteiger partial charge in [-0.15, -0.1) is 0 Å². The lowest BCUT2D eigenvalue weighted by molar-refractivity contribution is -0.117. The first kappa shape index (κ1) is 16.4. The zero-order valence-corrected chi connectivity index (χ0v) is 13.9. The molecule has 2 heterocycles. The Kier molecular flexibility index (Phi) is 3.99. The second-order valence-electron chi connectivity index (χ2n) is 6.32. The maximum Gasteiger partial charge on any atom is 0.261 e. The van der Waals surface area contributed by atoms with Crippen molar-refractivity contribution < 1.29 is 18.1 Å². The predicted octanol–water partition coefficient (Wildman–Crippen LogP) is 3.84. The quantitative estimate of drug-likeness (QED) is 0.716. The first-order valence-corrected chi connectivity index (χ1v) is 8.17. The lowest BCUT2D eigenvalue weighted by Crippen LogP contribution is -2.24. The van der Waals surface area contributed by atoms with Crippen LogP contribution in [0.4, 0.5) is 14.5 Å². The molecule has 0 saturated carbocycles. The minimum atomic E-state index is -0.648. The highest BCUT2D eigenvalue weighted by molar-refractivity contribution is 5.96. The molecule has 1 aromatic heterocycles. The molecule has 1 aliphatic heterocycles. The van der Waals surface area contributed by atoms with Crippen LogP contribution in [0.1, 0.15) is 23.7 Å². The Morgan fingerprint density at radius 2 is 1.92 bits per heavy atom. The summed E-state index contributed by atoms with van der Waals surface area (Å²) >= 11 is 0. The van der Waals surface area contributed by atoms with Gasteiger partial charge >= 0.3 is 0 Å². The van der Waals surface area contributed by atoms with Crippen molar-refractivity contribution >= 4 is 11.6 Å². The fourth-order valence-corrected chi connectivity index (χ4v) is 3.03. The number of amides is 1. The average molecular weight is 355 g/mol. The molecule has 3 aromatic rings. The van der Waals surface area contributed by atoms with Crippen LogP contribution in [0.25, 0.3) is 11.5 Å². The van der Waals surface area contributed by atoms with Gasteiger partial charge in [0.2, 0.25) is 5.91 Å². The van der Waals surface area contributed by atoms with Crippen molar-refractivity contribution in [3.8, 4) is 11.5 Å². The molecule has 4 rings (SSSR count). The summed E-state index contributed by atoms with van der Waals surface area (Å²) in [6.45, 7) is 2.39. The number of aromatic nitrogens is 2. The van der Waals surface area contributed by atoms with E-state index in [1.54, 1.807) is 4.90 Å². The molecule has 1 atom stereocenters. The number of anilines is 1. The van der Waals surface area contributed by atoms with Crippen molar-refractivity contribution in [3.63, 3.8) is 0 Å². The zero-order chi connectivity index (χ0) is 18.3. The van der Waals surface area contributed by atoms with Crippen molar-refractivity contribution in [1.29, 1.82) is 0 Å². The lowest BCUT2D eigenvalue weighted by Gasteiger charge is -2.16. The van der Waals surface area contributed by atoms with E-state index in [9.17, 15) is 13.6 Å². The van der Waals surface area contributed by atoms with Crippen LogP contribution in [-0.4, -0.2) is 22.6 Å². The van der Waals surface area contributed by atoms with E-state index in [-0.39, 0.29) is 29.7 Å². The fourth-order valence-electron chi connectivity index (χ4n) is 3.03. The maximum atomic E-state index is 13.9. The molecule has 1 saturated heterocycles. The van der Waals surface area contributed by atoms with Crippen molar-refractivity contribution in [3.05, 3.63) is 65.5 Å². The molecule has 1 fully saturated rings. The Balaban J connectivity index is 1.58. The molecule has 0 aliphatic carbocycles. The van der Waals surface area contributed by atoms with E-state index in [0.29, 0.717) is 12.4 Å². The number of benzene rings is 2. The molecular weight excluding hydrogens is 340 g/mol. The van der Waals surface area contributed by atoms with Gasteiger partial charge in [-0.05, 0) is 37.3 Å². The molecule has 0 radical (unpaired) electrons. The van der Waals surface area contributed by atoms with Crippen LogP contribution in [0.5, 0.6) is 0 Å². The van der Waals surface area contributed by atoms with Crippen LogP contribution in [0, 0.1) is 18.6 Å². The third-order valence-corrected chi connectivity index (χ3v) is 4.44. The Morgan fingerprint density at radius 1 is 1.15 bits per heavy atom. The van der Waals surface area contributed by atoms with Gasteiger partial charge in [-0.25, -0.2) is 8.78 Å². The second kappa shape index (κ2) is 6.33. The summed E-state index contributed by atoms with van der Waals surface area (Å²) in [6, 6.07) is 10.7. The van der Waals surface area contributed by atoms with Gasteiger partial charge in [0.15, 0.2) is 5.82 Å². The molecule has 132 valence electrons. The van der Waals surface area contributed by atoms with E-state index >= 15 is 0 Å². The molecule has 0 bridgehead atoms. The number of rotatable bonds is 3. The predicted molar refractivity (Wildman–Crippen MR) is 90.5 cm³/mol. The van der Waals surface area contributed by atoms with E-state index < -0.39 is 11.6 Å². The Bertz CT molecular complexity index is 969. The molecule has 5 nitrogen and oxygen atoms in total. The zero-order valence-electron chi connectivity index (χ0n) is 13.9. The van der Waals surface area contributed by atoms with Crippen LogP contribution < -0.4 is 4.90 Å². The molecule has 1 amide bonds. The molecule has 7 heteroatoms. The van der Waals surface area contributed by atoms with Crippen LogP contribution in [-0.2, 0) is 4.79 Å². The van der Waals surface area contributed by atoms with Gasteiger partial charge in [0, 0.05) is 24.6 Å². The summed E-state index contributed by atoms with van der Waals surface area (Å²) in [5.74, 6) is -1.34. The van der Waals surface area contributed by atoms with Gasteiger partial charge in [-0.3, -0.25) is 4.79 Å². The number of hydrogen-bond donors (Lipinski definition) is 0. The van der Waals surface area contributed by atoms with Gasteiger partial charge in [-0.2, -0.15) is 4.98 Å². The van der Waals surface area contributed by atoms with E-state index in [1.165, 1.54) is 0 Å². The summed E-state index contributed by atoms with van der Waals surface area (Å²) in [6.07, 6.45) is 0.235. The molecular formula is C19H15F2N3O2. The maximum absolute atomic E-state index is 13.9. The number of aryl methyl sites for hydroxylation is 1. The van der Waals surface area contributed by atoms with Crippen LogP contribution in [0.3, 0.4) is 0 Å². The van der Waals surface area contributed by atoms with Crippen LogP contribution >= 0.6 is 0 Å². The highest BCUT2D eigenvalue weighted by atomic mass is 19.1. The van der Waals surface area contributed by atoms with E-state index in [2.05, 4.69) is 10.1 Å². The second-order valence-corrected chi connectivity index (χ2v) is 6.32. The molecule has 1 aliphatic rings. The minimum Gasteiger partial charge on any atom is -0.334 e. The Labute approximate surface area is 148 Å². The first-order valence-electron chi connectivity index (χ1n) is 8.17. The van der Waals surface area contributed by atoms with Crippen molar-refractivity contribution in [2.75, 3.05) is 11.4 Å². The number of hydrogen-bond acceptors (Lipinski definition) is 4. The summed E-state index contributed by atoms with van der Waals surface area (Å²) in [5, 5.41) is 3.87. The van der Waals surface area contributed by atoms with Gasteiger partial charge in [0.1, 0.15) is 11.6 Å². The SMILES string of the molecule is Cc1ccc(N2C[C@@H](c3noc(-c4cc(F)ccc4F)n3)CC2=O)cc1. The van der Waals surface area contributed by atoms with Gasteiger partial charge < -0.3 is 9.42 Å². The summed E-state index contributed by atoms with van der Waals surface area (Å²) in [7, 11) is 0. The van der Waals surface area contributed by atoms with Gasteiger partial charge in [0.25, 0.3) is 5.89 Å². The Morgan fingerprint density at radius 3 is 2.69 bits per heavy atom. The highest BCUT2D eigenvalue weighted by Gasteiger charge is 2.34. The van der Waals surface area contributed by atoms with Gasteiger partial charge in [-0.1, -0.05) is 22.9 Å². The Hall–Kier alpha value is -3.09. The molecule has 0 unspecified atom stereocenters. The summed E-state index contributed by atoms with van der Waals surface area (Å²) in [4.78, 5) is 18.2. The number of carbonyl (C=O) groups is 1. The minimum absolute atomic E-state index is 0.0397. The monoisotopic (exact) mass is 355 g/mol. The van der Waals surface area contributed by atoms with Crippen molar-refractivity contribution in [2.45, 2.75) is 19.3 Å². The van der Waals surface area contributed by atoms with E-state index in [4.69, 9.17) is 4.52 Å². The standard InChI is InChI=1S/C19H15F2N3O2/c1-11-2-5-14(6-3-11)24-10-12(8-17(24)25)18-22-19(26-23-18)15-9-13(20)4-7-16(15)21/h2-7,9,12H,8,10H2,1H3/t12-/m0/s1.